The molecule has 1 aromatic rings. The minimum Gasteiger partial charge on any atom is -0.468 e. The lowest BCUT2D eigenvalue weighted by molar-refractivity contribution is 0.251. The second-order valence-corrected chi connectivity index (χ2v) is 2.37. The topological polar surface area (TPSA) is 67.5 Å². The Morgan fingerprint density at radius 3 is 2.42 bits per heavy atom. The fraction of sp³-hybridized carbons (Fsp3) is 0.571. The molecule has 0 unspecified atom stereocenters. The van der Waals surface area contributed by atoms with Crippen LogP contribution in [0.4, 0.5) is 0 Å². The van der Waals surface area contributed by atoms with Crippen molar-refractivity contribution in [3.8, 4) is 6.01 Å². The number of hydrogen-bond donors (Lipinski definition) is 2. The van der Waals surface area contributed by atoms with Crippen molar-refractivity contribution in [3.63, 3.8) is 0 Å². The van der Waals surface area contributed by atoms with Gasteiger partial charge in [0.2, 0.25) is 0 Å². The predicted octanol–water partition coefficient (Wildman–Crippen LogP) is -0.587. The molecule has 1 rings (SSSR count). The molecule has 0 fully saturated rings. The maximum atomic E-state index is 8.91. The smallest absolute Gasteiger partial charge is 0.296 e. The molecule has 0 aliphatic rings. The Balaban J connectivity index is 3.13. The van der Waals surface area contributed by atoms with Crippen LogP contribution in [-0.4, -0.2) is 26.9 Å². The van der Waals surface area contributed by atoms with E-state index >= 15 is 0 Å². The van der Waals surface area contributed by atoms with Crippen molar-refractivity contribution in [1.29, 1.82) is 0 Å². The highest BCUT2D eigenvalue weighted by atomic mass is 16.5. The number of ether oxygens (including phenoxy) is 1. The third-order valence-corrected chi connectivity index (χ3v) is 1.74. The molecule has 1 heterocycles. The summed E-state index contributed by atoms with van der Waals surface area (Å²) in [6.45, 7) is -0.337. The molecule has 0 spiro atoms. The molecule has 0 saturated heterocycles. The first-order chi connectivity index (χ1) is 5.74. The Morgan fingerprint density at radius 2 is 2.08 bits per heavy atom. The third-order valence-electron chi connectivity index (χ3n) is 1.74. The lowest BCUT2D eigenvalue weighted by Crippen LogP contribution is -2.00. The van der Waals surface area contributed by atoms with Gasteiger partial charge in [0, 0.05) is 7.05 Å². The van der Waals surface area contributed by atoms with Crippen molar-refractivity contribution in [1.82, 2.24) is 9.55 Å². The van der Waals surface area contributed by atoms with E-state index in [1.54, 1.807) is 11.6 Å². The van der Waals surface area contributed by atoms with Crippen LogP contribution in [0.1, 0.15) is 11.4 Å². The van der Waals surface area contributed by atoms with Gasteiger partial charge in [-0.3, -0.25) is 4.57 Å². The first-order valence-electron chi connectivity index (χ1n) is 3.54. The van der Waals surface area contributed by atoms with Gasteiger partial charge in [-0.25, -0.2) is 0 Å². The molecule has 0 aliphatic carbocycles. The number of nitrogens with zero attached hydrogens (tertiary/aromatic N) is 2. The van der Waals surface area contributed by atoms with E-state index in [1.165, 1.54) is 7.11 Å². The van der Waals surface area contributed by atoms with E-state index in [0.717, 1.165) is 0 Å². The average Bonchev–Trinajstić information content (AvgIpc) is 2.41. The van der Waals surface area contributed by atoms with Crippen LogP contribution < -0.4 is 4.74 Å². The van der Waals surface area contributed by atoms with Crippen LogP contribution in [0.15, 0.2) is 0 Å². The second-order valence-electron chi connectivity index (χ2n) is 2.37. The zero-order valence-corrected chi connectivity index (χ0v) is 7.11. The van der Waals surface area contributed by atoms with Gasteiger partial charge in [-0.05, 0) is 0 Å². The summed E-state index contributed by atoms with van der Waals surface area (Å²) in [6, 6.07) is 0.392. The molecule has 0 saturated carbocycles. The van der Waals surface area contributed by atoms with Crippen molar-refractivity contribution < 1.29 is 14.9 Å². The summed E-state index contributed by atoms with van der Waals surface area (Å²) >= 11 is 0. The van der Waals surface area contributed by atoms with Crippen molar-refractivity contribution >= 4 is 0 Å². The monoisotopic (exact) mass is 172 g/mol. The van der Waals surface area contributed by atoms with Crippen LogP contribution in [-0.2, 0) is 20.3 Å². The van der Waals surface area contributed by atoms with Gasteiger partial charge in [-0.1, -0.05) is 0 Å². The number of aliphatic hydroxyl groups is 2. The molecule has 0 radical (unpaired) electrons. The zero-order chi connectivity index (χ0) is 9.14. The van der Waals surface area contributed by atoms with Crippen molar-refractivity contribution in [3.05, 3.63) is 11.4 Å². The Morgan fingerprint density at radius 1 is 1.42 bits per heavy atom. The van der Waals surface area contributed by atoms with E-state index in [1.807, 2.05) is 0 Å². The highest BCUT2D eigenvalue weighted by Crippen LogP contribution is 2.15. The van der Waals surface area contributed by atoms with Crippen LogP contribution in [0, 0.1) is 0 Å². The quantitative estimate of drug-likeness (QED) is 0.639. The molecule has 0 aliphatic heterocycles. The highest BCUT2D eigenvalue weighted by Gasteiger charge is 2.12. The maximum absolute atomic E-state index is 8.91. The maximum Gasteiger partial charge on any atom is 0.296 e. The third kappa shape index (κ3) is 1.28. The van der Waals surface area contributed by atoms with Gasteiger partial charge in [0.05, 0.1) is 31.7 Å². The minimum absolute atomic E-state index is 0.150. The average molecular weight is 172 g/mol. The van der Waals surface area contributed by atoms with E-state index in [0.29, 0.717) is 17.4 Å². The van der Waals surface area contributed by atoms with Gasteiger partial charge in [-0.2, -0.15) is 4.98 Å². The summed E-state index contributed by atoms with van der Waals surface area (Å²) in [5.41, 5.74) is 1.03. The zero-order valence-electron chi connectivity index (χ0n) is 7.11. The first-order valence-corrected chi connectivity index (χ1v) is 3.54. The SMILES string of the molecule is COc1nc(CO)c(CO)n1C. The summed E-state index contributed by atoms with van der Waals surface area (Å²) in [4.78, 5) is 3.95. The summed E-state index contributed by atoms with van der Waals surface area (Å²) in [7, 11) is 3.21. The highest BCUT2D eigenvalue weighted by molar-refractivity contribution is 5.18. The number of aromatic nitrogens is 2. The second kappa shape index (κ2) is 3.55. The van der Waals surface area contributed by atoms with Gasteiger partial charge < -0.3 is 14.9 Å². The molecule has 68 valence electrons. The molecule has 5 heteroatoms. The molecule has 12 heavy (non-hydrogen) atoms. The number of methoxy groups -OCH3 is 1. The largest absolute Gasteiger partial charge is 0.468 e. The summed E-state index contributed by atoms with van der Waals surface area (Å²) in [5.74, 6) is 0. The van der Waals surface area contributed by atoms with E-state index in [2.05, 4.69) is 4.98 Å². The fourth-order valence-electron chi connectivity index (χ4n) is 1.07. The molecule has 1 aromatic heterocycles. The van der Waals surface area contributed by atoms with Crippen molar-refractivity contribution in [2.75, 3.05) is 7.11 Å². The van der Waals surface area contributed by atoms with Gasteiger partial charge in [0.25, 0.3) is 6.01 Å². The molecule has 0 amide bonds. The number of aliphatic hydroxyl groups excluding tert-OH is 2. The molecule has 2 N–H and O–H groups in total. The number of hydrogen-bond acceptors (Lipinski definition) is 4. The van der Waals surface area contributed by atoms with Crippen molar-refractivity contribution in [2.24, 2.45) is 7.05 Å². The Hall–Kier alpha value is -1.07. The van der Waals surface area contributed by atoms with Crippen LogP contribution in [0.2, 0.25) is 0 Å². The normalized spacial score (nSPS) is 10.3. The molecule has 0 bridgehead atoms. The molecule has 5 nitrogen and oxygen atoms in total. The van der Waals surface area contributed by atoms with E-state index in [4.69, 9.17) is 14.9 Å². The first kappa shape index (κ1) is 9.02. The van der Waals surface area contributed by atoms with E-state index < -0.39 is 0 Å². The van der Waals surface area contributed by atoms with Crippen LogP contribution in [0.5, 0.6) is 6.01 Å². The van der Waals surface area contributed by atoms with Crippen LogP contribution in [0.25, 0.3) is 0 Å². The fourth-order valence-corrected chi connectivity index (χ4v) is 1.07. The molecule has 0 atom stereocenters. The van der Waals surface area contributed by atoms with E-state index in [-0.39, 0.29) is 13.2 Å². The number of imidazole rings is 1. The minimum atomic E-state index is -0.187. The lowest BCUT2D eigenvalue weighted by Gasteiger charge is -2.01. The summed E-state index contributed by atoms with van der Waals surface area (Å²) in [5, 5.41) is 17.8. The Kier molecular flexibility index (Phi) is 2.67. The lowest BCUT2D eigenvalue weighted by atomic mass is 10.3. The Labute approximate surface area is 70.2 Å². The predicted molar refractivity (Wildman–Crippen MR) is 41.6 cm³/mol. The van der Waals surface area contributed by atoms with Crippen LogP contribution in [0.3, 0.4) is 0 Å². The van der Waals surface area contributed by atoms with Crippen LogP contribution >= 0.6 is 0 Å². The number of rotatable bonds is 3. The molecular weight excluding hydrogens is 160 g/mol. The van der Waals surface area contributed by atoms with Gasteiger partial charge in [0.15, 0.2) is 0 Å². The molecular formula is C7H12N2O3. The van der Waals surface area contributed by atoms with Gasteiger partial charge in [-0.15, -0.1) is 0 Å². The van der Waals surface area contributed by atoms with Crippen molar-refractivity contribution in [2.45, 2.75) is 13.2 Å². The van der Waals surface area contributed by atoms with E-state index in [9.17, 15) is 0 Å². The standard InChI is InChI=1S/C7H12N2O3/c1-9-6(4-11)5(3-10)8-7(9)12-2/h10-11H,3-4H2,1-2H3. The van der Waals surface area contributed by atoms with Gasteiger partial charge in [0.1, 0.15) is 0 Å². The summed E-state index contributed by atoms with van der Waals surface area (Å²) in [6.07, 6.45) is 0. The van der Waals surface area contributed by atoms with Gasteiger partial charge >= 0.3 is 0 Å². The summed E-state index contributed by atoms with van der Waals surface area (Å²) < 4.78 is 6.50. The molecule has 0 aromatic carbocycles. The Bertz CT molecular complexity index is 270.